The van der Waals surface area contributed by atoms with Gasteiger partial charge < -0.3 is 46.0 Å². The minimum Gasteiger partial charge on any atom is -0.393 e. The van der Waals surface area contributed by atoms with Crippen molar-refractivity contribution in [1.82, 2.24) is 5.32 Å². The van der Waals surface area contributed by atoms with Crippen LogP contribution in [-0.4, -0.2) is 108 Å². The molecule has 0 bridgehead atoms. The number of carbonyl (C=O) groups excluding carboxylic acids is 1. The van der Waals surface area contributed by atoms with Gasteiger partial charge in [-0.3, -0.25) is 13.8 Å². The number of aliphatic hydroxyl groups excluding tert-OH is 7. The van der Waals surface area contributed by atoms with Crippen LogP contribution in [0.3, 0.4) is 0 Å². The molecule has 0 radical (unpaired) electrons. The first-order valence-corrected chi connectivity index (χ1v) is 21.9. The molecule has 0 saturated heterocycles. The molecule has 1 aliphatic rings. The van der Waals surface area contributed by atoms with Crippen LogP contribution in [0.25, 0.3) is 0 Å². The van der Waals surface area contributed by atoms with E-state index in [4.69, 9.17) is 9.05 Å². The van der Waals surface area contributed by atoms with E-state index in [1.807, 2.05) is 0 Å². The largest absolute Gasteiger partial charge is 0.472 e. The summed E-state index contributed by atoms with van der Waals surface area (Å²) in [7, 11) is -5.14. The van der Waals surface area contributed by atoms with E-state index in [0.717, 1.165) is 44.9 Å². The molecule has 312 valence electrons. The van der Waals surface area contributed by atoms with Crippen molar-refractivity contribution in [2.45, 2.75) is 210 Å². The van der Waals surface area contributed by atoms with E-state index in [-0.39, 0.29) is 6.42 Å². The zero-order valence-electron chi connectivity index (χ0n) is 32.4. The van der Waals surface area contributed by atoms with E-state index >= 15 is 0 Å². The van der Waals surface area contributed by atoms with E-state index in [2.05, 4.69) is 31.3 Å². The molecule has 14 heteroatoms. The van der Waals surface area contributed by atoms with Gasteiger partial charge in [0.15, 0.2) is 0 Å². The van der Waals surface area contributed by atoms with Crippen molar-refractivity contribution in [1.29, 1.82) is 0 Å². The summed E-state index contributed by atoms with van der Waals surface area (Å²) in [6, 6.07) is -1.25. The third-order valence-electron chi connectivity index (χ3n) is 9.79. The molecule has 1 rings (SSSR count). The zero-order valence-corrected chi connectivity index (χ0v) is 33.3. The highest BCUT2D eigenvalue weighted by atomic mass is 31.2. The lowest BCUT2D eigenvalue weighted by atomic mass is 9.85. The van der Waals surface area contributed by atoms with Gasteiger partial charge in [0.1, 0.15) is 36.6 Å². The molecule has 0 aromatic carbocycles. The van der Waals surface area contributed by atoms with Crippen LogP contribution in [0.15, 0.2) is 24.3 Å². The molecule has 1 amide bonds. The minimum absolute atomic E-state index is 0.251. The molecule has 0 aromatic heterocycles. The Bertz CT molecular complexity index is 1020. The molecule has 8 unspecified atom stereocenters. The first kappa shape index (κ1) is 49.8. The molecule has 1 aliphatic carbocycles. The molecule has 0 aliphatic heterocycles. The fraction of sp³-hybridized carbons (Fsp3) is 0.872. The van der Waals surface area contributed by atoms with E-state index < -0.39 is 75.2 Å². The molecule has 0 spiro atoms. The van der Waals surface area contributed by atoms with Gasteiger partial charge in [-0.2, -0.15) is 0 Å². The molecule has 53 heavy (non-hydrogen) atoms. The standard InChI is InChI=1S/C39H74NO12P/c1-3-5-7-9-11-13-14-15-16-17-18-19-21-23-25-27-32(42)31(40-33(43)28-30(41)26-24-22-20-12-10-8-6-4-2)29-51-53(49,50)52-39-37(47)35(45)34(44)36(46)38(39)48/h18-19,25,27,30-32,34-39,41-42,44-48H,3-17,20-24,26,28-29H2,1-2H3,(H,40,43)(H,49,50)/b19-18+,27-25+. The topological polar surface area (TPSA) is 226 Å². The van der Waals surface area contributed by atoms with Gasteiger partial charge in [0.25, 0.3) is 0 Å². The fourth-order valence-corrected chi connectivity index (χ4v) is 7.34. The third kappa shape index (κ3) is 22.8. The second kappa shape index (κ2) is 30.0. The average Bonchev–Trinajstić information content (AvgIpc) is 3.12. The summed E-state index contributed by atoms with van der Waals surface area (Å²) < 4.78 is 22.7. The SMILES string of the molecule is CCCCCCCCCCC/C=C/CC/C=C/C(O)C(COP(=O)(O)OC1C(O)C(O)C(O)C(O)C1O)NC(=O)CC(O)CCCCCCCCCC. The molecular formula is C39H74NO12P. The number of hydrogen-bond donors (Lipinski definition) is 9. The summed E-state index contributed by atoms with van der Waals surface area (Å²) in [4.78, 5) is 23.2. The van der Waals surface area contributed by atoms with E-state index in [9.17, 15) is 50.0 Å². The zero-order chi connectivity index (χ0) is 39.5. The van der Waals surface area contributed by atoms with E-state index in [1.54, 1.807) is 6.08 Å². The van der Waals surface area contributed by atoms with Crippen LogP contribution < -0.4 is 5.32 Å². The van der Waals surface area contributed by atoms with Crippen LogP contribution in [0.4, 0.5) is 0 Å². The van der Waals surface area contributed by atoms with Gasteiger partial charge in [-0.25, -0.2) is 4.57 Å². The second-order valence-electron chi connectivity index (χ2n) is 14.7. The van der Waals surface area contributed by atoms with Crippen LogP contribution in [-0.2, 0) is 18.4 Å². The maximum atomic E-state index is 12.9. The number of carbonyl (C=O) groups is 1. The van der Waals surface area contributed by atoms with Crippen molar-refractivity contribution >= 4 is 13.7 Å². The third-order valence-corrected chi connectivity index (χ3v) is 10.8. The first-order valence-electron chi connectivity index (χ1n) is 20.4. The average molecular weight is 780 g/mol. The fourth-order valence-electron chi connectivity index (χ4n) is 6.37. The summed E-state index contributed by atoms with van der Waals surface area (Å²) in [5.41, 5.74) is 0. The molecule has 13 nitrogen and oxygen atoms in total. The molecule has 1 saturated carbocycles. The number of hydrogen-bond acceptors (Lipinski definition) is 11. The lowest BCUT2D eigenvalue weighted by Crippen LogP contribution is -2.64. The normalized spacial score (nSPS) is 25.1. The Balaban J connectivity index is 2.67. The highest BCUT2D eigenvalue weighted by Gasteiger charge is 2.51. The maximum absolute atomic E-state index is 12.9. The Labute approximate surface area is 318 Å². The lowest BCUT2D eigenvalue weighted by molar-refractivity contribution is -0.220. The van der Waals surface area contributed by atoms with Crippen molar-refractivity contribution in [2.75, 3.05) is 6.61 Å². The summed E-state index contributed by atoms with van der Waals surface area (Å²) in [6.45, 7) is 3.65. The van der Waals surface area contributed by atoms with Gasteiger partial charge in [0.2, 0.25) is 5.91 Å². The van der Waals surface area contributed by atoms with Crippen molar-refractivity contribution < 1.29 is 59.0 Å². The van der Waals surface area contributed by atoms with Gasteiger partial charge in [-0.05, 0) is 32.1 Å². The van der Waals surface area contributed by atoms with Gasteiger partial charge in [0, 0.05) is 0 Å². The Hall–Kier alpha value is -1.22. The smallest absolute Gasteiger partial charge is 0.393 e. The predicted octanol–water partition coefficient (Wildman–Crippen LogP) is 5.25. The van der Waals surface area contributed by atoms with Gasteiger partial charge in [-0.1, -0.05) is 141 Å². The summed E-state index contributed by atoms with van der Waals surface area (Å²) in [5, 5.41) is 74.0. The number of rotatable bonds is 32. The molecule has 8 atom stereocenters. The molecule has 0 heterocycles. The summed E-state index contributed by atoms with van der Waals surface area (Å²) >= 11 is 0. The molecule has 1 fully saturated rings. The lowest BCUT2D eigenvalue weighted by Gasteiger charge is -2.41. The summed E-state index contributed by atoms with van der Waals surface area (Å²) in [5.74, 6) is -0.607. The predicted molar refractivity (Wildman–Crippen MR) is 206 cm³/mol. The van der Waals surface area contributed by atoms with Crippen molar-refractivity contribution in [3.8, 4) is 0 Å². The number of phosphoric ester groups is 1. The van der Waals surface area contributed by atoms with Crippen LogP contribution in [0.5, 0.6) is 0 Å². The Morgan fingerprint density at radius 2 is 1.11 bits per heavy atom. The number of nitrogens with one attached hydrogen (secondary N) is 1. The van der Waals surface area contributed by atoms with Gasteiger partial charge >= 0.3 is 7.82 Å². The number of allylic oxidation sites excluding steroid dienone is 3. The molecular weight excluding hydrogens is 705 g/mol. The first-order chi connectivity index (χ1) is 25.3. The molecule has 9 N–H and O–H groups in total. The van der Waals surface area contributed by atoms with Crippen molar-refractivity contribution in [3.05, 3.63) is 24.3 Å². The Morgan fingerprint density at radius 1 is 0.660 bits per heavy atom. The number of phosphoric acid groups is 1. The quantitative estimate of drug-likeness (QED) is 0.0243. The number of unbranched alkanes of at least 4 members (excludes halogenated alkanes) is 17. The second-order valence-corrected chi connectivity index (χ2v) is 16.1. The highest BCUT2D eigenvalue weighted by molar-refractivity contribution is 7.47. The Morgan fingerprint density at radius 3 is 1.66 bits per heavy atom. The number of aliphatic hydroxyl groups is 7. The van der Waals surface area contributed by atoms with Gasteiger partial charge in [0.05, 0.1) is 31.3 Å². The maximum Gasteiger partial charge on any atom is 0.472 e. The van der Waals surface area contributed by atoms with Gasteiger partial charge in [-0.15, -0.1) is 0 Å². The van der Waals surface area contributed by atoms with Crippen LogP contribution in [0.2, 0.25) is 0 Å². The highest BCUT2D eigenvalue weighted by Crippen LogP contribution is 2.47. The number of amides is 1. The van der Waals surface area contributed by atoms with E-state index in [0.29, 0.717) is 12.8 Å². The molecule has 0 aromatic rings. The van der Waals surface area contributed by atoms with E-state index in [1.165, 1.54) is 83.1 Å². The van der Waals surface area contributed by atoms with Crippen LogP contribution in [0, 0.1) is 0 Å². The summed E-state index contributed by atoms with van der Waals surface area (Å²) in [6.07, 6.45) is 15.9. The monoisotopic (exact) mass is 779 g/mol. The van der Waals surface area contributed by atoms with Crippen LogP contribution in [0.1, 0.15) is 155 Å². The van der Waals surface area contributed by atoms with Crippen molar-refractivity contribution in [3.63, 3.8) is 0 Å². The van der Waals surface area contributed by atoms with Crippen LogP contribution >= 0.6 is 7.82 Å². The minimum atomic E-state index is -5.14. The Kier molecular flexibility index (Phi) is 28.2. The van der Waals surface area contributed by atoms with Crippen molar-refractivity contribution in [2.24, 2.45) is 0 Å².